The van der Waals surface area contributed by atoms with Gasteiger partial charge in [-0.25, -0.2) is 0 Å². The van der Waals surface area contributed by atoms with Crippen molar-refractivity contribution in [1.82, 2.24) is 9.88 Å². The lowest BCUT2D eigenvalue weighted by molar-refractivity contribution is -0.139. The predicted octanol–water partition coefficient (Wildman–Crippen LogP) is 4.37. The summed E-state index contributed by atoms with van der Waals surface area (Å²) in [6, 6.07) is 7.58. The zero-order valence-corrected chi connectivity index (χ0v) is 19.6. The zero-order chi connectivity index (χ0) is 22.5. The largest absolute Gasteiger partial charge is 0.497 e. The highest BCUT2D eigenvalue weighted by atomic mass is 32.2. The molecule has 0 spiro atoms. The molecule has 3 atom stereocenters. The Morgan fingerprint density at radius 3 is 2.88 bits per heavy atom. The molecule has 1 aromatic heterocycles. The van der Waals surface area contributed by atoms with Gasteiger partial charge in [-0.05, 0) is 80.3 Å². The molecule has 2 aliphatic rings. The van der Waals surface area contributed by atoms with Gasteiger partial charge < -0.3 is 19.8 Å². The van der Waals surface area contributed by atoms with E-state index in [2.05, 4.69) is 21.6 Å². The lowest BCUT2D eigenvalue weighted by atomic mass is 9.79. The normalized spacial score (nSPS) is 22.7. The Balaban J connectivity index is 1.37. The van der Waals surface area contributed by atoms with Gasteiger partial charge in [0, 0.05) is 42.1 Å². The van der Waals surface area contributed by atoms with Crippen molar-refractivity contribution >= 4 is 28.6 Å². The van der Waals surface area contributed by atoms with Crippen LogP contribution < -0.4 is 4.74 Å². The number of piperidine rings is 1. The maximum absolute atomic E-state index is 11.5. The minimum absolute atomic E-state index is 0.147. The molecule has 0 amide bonds. The molecular formula is C25H34N2O4S. The maximum atomic E-state index is 11.5. The molecule has 6 nitrogen and oxygen atoms in total. The fraction of sp³-hybridized carbons (Fsp3) is 0.600. The van der Waals surface area contributed by atoms with Crippen molar-refractivity contribution in [2.45, 2.75) is 49.9 Å². The lowest BCUT2D eigenvalue weighted by Gasteiger charge is -2.38. The number of benzene rings is 1. The summed E-state index contributed by atoms with van der Waals surface area (Å²) in [6.45, 7) is 2.93. The van der Waals surface area contributed by atoms with Crippen molar-refractivity contribution < 1.29 is 19.7 Å². The molecule has 1 aromatic carbocycles. The van der Waals surface area contributed by atoms with Crippen LogP contribution in [-0.4, -0.2) is 63.8 Å². The van der Waals surface area contributed by atoms with Gasteiger partial charge in [-0.15, -0.1) is 0 Å². The average Bonchev–Trinajstić information content (AvgIpc) is 3.61. The number of aromatic nitrogens is 1. The van der Waals surface area contributed by atoms with Gasteiger partial charge >= 0.3 is 5.97 Å². The molecule has 7 heteroatoms. The van der Waals surface area contributed by atoms with Crippen molar-refractivity contribution in [2.24, 2.45) is 11.8 Å². The van der Waals surface area contributed by atoms with Crippen LogP contribution in [0.25, 0.3) is 10.9 Å². The molecule has 4 rings (SSSR count). The van der Waals surface area contributed by atoms with Crippen LogP contribution in [-0.2, 0) is 4.79 Å². The van der Waals surface area contributed by atoms with Gasteiger partial charge in [0.15, 0.2) is 0 Å². The Labute approximate surface area is 194 Å². The molecule has 0 unspecified atom stereocenters. The smallest absolute Gasteiger partial charge is 0.303 e. The van der Waals surface area contributed by atoms with Crippen LogP contribution in [0.15, 0.2) is 30.5 Å². The van der Waals surface area contributed by atoms with Gasteiger partial charge in [0.05, 0.1) is 18.7 Å². The van der Waals surface area contributed by atoms with Crippen LogP contribution in [0, 0.1) is 11.8 Å². The number of methoxy groups -OCH3 is 1. The predicted molar refractivity (Wildman–Crippen MR) is 128 cm³/mol. The topological polar surface area (TPSA) is 82.9 Å². The number of pyridine rings is 1. The van der Waals surface area contributed by atoms with Gasteiger partial charge in [-0.2, -0.15) is 11.8 Å². The molecule has 32 heavy (non-hydrogen) atoms. The number of rotatable bonds is 11. The third-order valence-electron chi connectivity index (χ3n) is 6.85. The SMILES string of the molecule is COc1ccc2nccc([C@H](O)CC[C@@H]3CCN(CCSC4CC4)C[C@@H]3CC(=O)O)c2c1. The maximum Gasteiger partial charge on any atom is 0.303 e. The summed E-state index contributed by atoms with van der Waals surface area (Å²) in [6.07, 6.45) is 6.51. The highest BCUT2D eigenvalue weighted by Crippen LogP contribution is 2.36. The summed E-state index contributed by atoms with van der Waals surface area (Å²) < 4.78 is 5.35. The number of carbonyl (C=O) groups is 1. The Hall–Kier alpha value is -1.83. The quantitative estimate of drug-likeness (QED) is 0.517. The summed E-state index contributed by atoms with van der Waals surface area (Å²) in [5.74, 6) is 1.64. The number of fused-ring (bicyclic) bond motifs is 1. The van der Waals surface area contributed by atoms with E-state index in [1.807, 2.05) is 24.3 Å². The monoisotopic (exact) mass is 458 g/mol. The van der Waals surface area contributed by atoms with Gasteiger partial charge in [0.1, 0.15) is 5.75 Å². The number of aliphatic hydroxyl groups excluding tert-OH is 1. The van der Waals surface area contributed by atoms with E-state index >= 15 is 0 Å². The second-order valence-corrected chi connectivity index (χ2v) is 10.6. The van der Waals surface area contributed by atoms with Gasteiger partial charge in [-0.1, -0.05) is 0 Å². The number of likely N-dealkylation sites (tertiary alicyclic amines) is 1. The molecule has 174 valence electrons. The first-order valence-electron chi connectivity index (χ1n) is 11.7. The summed E-state index contributed by atoms with van der Waals surface area (Å²) >= 11 is 2.06. The minimum Gasteiger partial charge on any atom is -0.497 e. The molecular weight excluding hydrogens is 424 g/mol. The molecule has 2 N–H and O–H groups in total. The number of carboxylic acid groups (broad SMARTS) is 1. The number of hydrogen-bond acceptors (Lipinski definition) is 6. The summed E-state index contributed by atoms with van der Waals surface area (Å²) in [5.41, 5.74) is 1.70. The first kappa shape index (κ1) is 23.3. The Morgan fingerprint density at radius 2 is 2.12 bits per heavy atom. The van der Waals surface area contributed by atoms with Gasteiger partial charge in [0.2, 0.25) is 0 Å². The number of aliphatic hydroxyl groups is 1. The highest BCUT2D eigenvalue weighted by Gasteiger charge is 2.31. The molecule has 2 aromatic rings. The lowest BCUT2D eigenvalue weighted by Crippen LogP contribution is -2.42. The second-order valence-electron chi connectivity index (χ2n) is 9.15. The minimum atomic E-state index is -0.720. The molecule has 1 saturated carbocycles. The number of carboxylic acids is 1. The second kappa shape index (κ2) is 10.9. The highest BCUT2D eigenvalue weighted by molar-refractivity contribution is 8.00. The van der Waals surface area contributed by atoms with E-state index < -0.39 is 12.1 Å². The van der Waals surface area contributed by atoms with Crippen LogP contribution in [0.1, 0.15) is 50.2 Å². The van der Waals surface area contributed by atoms with Crippen molar-refractivity contribution in [1.29, 1.82) is 0 Å². The van der Waals surface area contributed by atoms with Crippen LogP contribution >= 0.6 is 11.8 Å². The molecule has 1 saturated heterocycles. The van der Waals surface area contributed by atoms with E-state index in [0.717, 1.165) is 65.7 Å². The van der Waals surface area contributed by atoms with Gasteiger partial charge in [0.25, 0.3) is 0 Å². The third-order valence-corrected chi connectivity index (χ3v) is 8.21. The standard InChI is InChI=1S/C25H34N2O4S/c1-31-19-3-6-23-22(15-19)21(8-10-26-23)24(28)7-2-17-9-11-27(12-13-32-20-4-5-20)16-18(17)14-25(29)30/h3,6,8,10,15,17-18,20,24,28H,2,4-5,7,9,11-14,16H2,1H3,(H,29,30)/t17-,18+,24-/m1/s1. The number of aliphatic carboxylic acids is 1. The van der Waals surface area contributed by atoms with Crippen LogP contribution in [0.2, 0.25) is 0 Å². The van der Waals surface area contributed by atoms with E-state index in [-0.39, 0.29) is 12.3 Å². The summed E-state index contributed by atoms with van der Waals surface area (Å²) in [7, 11) is 1.63. The van der Waals surface area contributed by atoms with Crippen LogP contribution in [0.5, 0.6) is 5.75 Å². The molecule has 1 aliphatic carbocycles. The first-order valence-corrected chi connectivity index (χ1v) is 12.7. The third kappa shape index (κ3) is 6.15. The number of thioether (sulfide) groups is 1. The number of ether oxygens (including phenoxy) is 1. The van der Waals surface area contributed by atoms with Crippen molar-refractivity contribution in [3.8, 4) is 5.75 Å². The Morgan fingerprint density at radius 1 is 1.28 bits per heavy atom. The molecule has 2 heterocycles. The fourth-order valence-electron chi connectivity index (χ4n) is 4.87. The van der Waals surface area contributed by atoms with Gasteiger partial charge in [-0.3, -0.25) is 9.78 Å². The van der Waals surface area contributed by atoms with E-state index in [9.17, 15) is 15.0 Å². The average molecular weight is 459 g/mol. The zero-order valence-electron chi connectivity index (χ0n) is 18.8. The molecule has 2 fully saturated rings. The molecule has 0 bridgehead atoms. The Kier molecular flexibility index (Phi) is 7.92. The van der Waals surface area contributed by atoms with E-state index in [4.69, 9.17) is 4.74 Å². The summed E-state index contributed by atoms with van der Waals surface area (Å²) in [5, 5.41) is 22.2. The molecule has 0 radical (unpaired) electrons. The van der Waals surface area contributed by atoms with Crippen molar-refractivity contribution in [2.75, 3.05) is 32.5 Å². The van der Waals surface area contributed by atoms with Crippen molar-refractivity contribution in [3.63, 3.8) is 0 Å². The van der Waals surface area contributed by atoms with Crippen LogP contribution in [0.3, 0.4) is 0 Å². The number of nitrogens with zero attached hydrogens (tertiary/aromatic N) is 2. The van der Waals surface area contributed by atoms with E-state index in [0.29, 0.717) is 12.3 Å². The molecule has 1 aliphatic heterocycles. The number of hydrogen-bond donors (Lipinski definition) is 2. The summed E-state index contributed by atoms with van der Waals surface area (Å²) in [4.78, 5) is 18.4. The Bertz CT molecular complexity index is 920. The van der Waals surface area contributed by atoms with E-state index in [1.54, 1.807) is 13.3 Å². The fourth-order valence-corrected chi connectivity index (χ4v) is 6.04. The van der Waals surface area contributed by atoms with Crippen molar-refractivity contribution in [3.05, 3.63) is 36.0 Å². The first-order chi connectivity index (χ1) is 15.5. The van der Waals surface area contributed by atoms with Crippen LogP contribution in [0.4, 0.5) is 0 Å². The van der Waals surface area contributed by atoms with E-state index in [1.165, 1.54) is 12.8 Å².